The van der Waals surface area contributed by atoms with Crippen molar-refractivity contribution in [3.05, 3.63) is 33.5 Å². The van der Waals surface area contributed by atoms with E-state index in [2.05, 4.69) is 25.8 Å². The van der Waals surface area contributed by atoms with Crippen LogP contribution < -0.4 is 10.6 Å². The number of nitrogens with zero attached hydrogens (tertiary/aromatic N) is 4. The number of anilines is 2. The van der Waals surface area contributed by atoms with E-state index in [1.165, 1.54) is 12.8 Å². The Morgan fingerprint density at radius 2 is 1.83 bits per heavy atom. The van der Waals surface area contributed by atoms with Gasteiger partial charge in [-0.15, -0.1) is 0 Å². The number of nitrogen functional groups attached to an aromatic ring is 1. The number of hydrogen-bond acceptors (Lipinski definition) is 5. The number of hydrogen-bond donors (Lipinski definition) is 1. The van der Waals surface area contributed by atoms with E-state index in [1.807, 2.05) is 28.8 Å². The fourth-order valence-corrected chi connectivity index (χ4v) is 5.43. The van der Waals surface area contributed by atoms with E-state index in [-0.39, 0.29) is 14.5 Å². The normalized spacial score (nSPS) is 14.7. The van der Waals surface area contributed by atoms with E-state index in [0.29, 0.717) is 16.2 Å². The van der Waals surface area contributed by atoms with Crippen LogP contribution in [0.25, 0.3) is 15.6 Å². The van der Waals surface area contributed by atoms with Crippen LogP contribution in [0.5, 0.6) is 0 Å². The van der Waals surface area contributed by atoms with Crippen molar-refractivity contribution in [2.24, 2.45) is 0 Å². The van der Waals surface area contributed by atoms with Gasteiger partial charge in [-0.2, -0.15) is 0 Å². The first kappa shape index (κ1) is 15.3. The van der Waals surface area contributed by atoms with Gasteiger partial charge in [-0.05, 0) is 0 Å². The molecule has 0 bridgehead atoms. The average molecular weight is 455 g/mol. The first-order valence-corrected chi connectivity index (χ1v) is 10.2. The molecule has 1 aliphatic rings. The molecule has 0 saturated carbocycles. The van der Waals surface area contributed by atoms with Crippen molar-refractivity contribution in [3.8, 4) is 5.69 Å². The number of benzene rings is 1. The average Bonchev–Trinajstić information content (AvgIpc) is 3.17. The second kappa shape index (κ2) is 6.02. The van der Waals surface area contributed by atoms with Gasteiger partial charge in [0, 0.05) is 0 Å². The minimum absolute atomic E-state index is 0.0942. The molecule has 4 rings (SSSR count). The molecule has 1 aromatic carbocycles. The summed E-state index contributed by atoms with van der Waals surface area (Å²) in [6.45, 7) is 2.17. The monoisotopic (exact) mass is 455 g/mol. The molecule has 0 spiro atoms. The SMILES string of the molecule is Nc1c2[se]c(N3CCCC3)nc2nc(=S)n1-c1ccc(Br)cc1. The zero-order valence-electron chi connectivity index (χ0n) is 12.2. The molecular formula is C15H14BrN5SSe. The van der Waals surface area contributed by atoms with Crippen molar-refractivity contribution in [3.63, 3.8) is 0 Å². The van der Waals surface area contributed by atoms with Crippen molar-refractivity contribution in [1.29, 1.82) is 0 Å². The fraction of sp³-hybridized carbons (Fsp3) is 0.267. The molecule has 0 atom stereocenters. The fourth-order valence-electron chi connectivity index (χ4n) is 2.77. The molecule has 3 aromatic rings. The first-order chi connectivity index (χ1) is 11.1. The number of halogens is 1. The summed E-state index contributed by atoms with van der Waals surface area (Å²) in [6, 6.07) is 7.91. The molecule has 8 heteroatoms. The number of rotatable bonds is 2. The summed E-state index contributed by atoms with van der Waals surface area (Å²) in [7, 11) is 0. The molecule has 1 fully saturated rings. The quantitative estimate of drug-likeness (QED) is 0.476. The van der Waals surface area contributed by atoms with Crippen LogP contribution in [0.2, 0.25) is 0 Å². The van der Waals surface area contributed by atoms with Crippen molar-refractivity contribution in [2.45, 2.75) is 12.8 Å². The maximum absolute atomic E-state index is 6.43. The third kappa shape index (κ3) is 2.74. The Labute approximate surface area is 153 Å². The van der Waals surface area contributed by atoms with Gasteiger partial charge in [0.25, 0.3) is 0 Å². The molecule has 0 aliphatic carbocycles. The van der Waals surface area contributed by atoms with E-state index >= 15 is 0 Å². The molecule has 23 heavy (non-hydrogen) atoms. The van der Waals surface area contributed by atoms with Crippen molar-refractivity contribution >= 4 is 63.1 Å². The Kier molecular flexibility index (Phi) is 4.01. The Morgan fingerprint density at radius 3 is 2.52 bits per heavy atom. The second-order valence-electron chi connectivity index (χ2n) is 5.43. The van der Waals surface area contributed by atoms with Gasteiger partial charge < -0.3 is 0 Å². The zero-order valence-corrected chi connectivity index (χ0v) is 16.3. The molecule has 118 valence electrons. The topological polar surface area (TPSA) is 60.0 Å². The van der Waals surface area contributed by atoms with Gasteiger partial charge in [0.1, 0.15) is 0 Å². The summed E-state index contributed by atoms with van der Waals surface area (Å²) in [4.78, 5) is 11.6. The van der Waals surface area contributed by atoms with Crippen LogP contribution in [0.1, 0.15) is 12.8 Å². The number of fused-ring (bicyclic) bond motifs is 1. The molecule has 5 nitrogen and oxygen atoms in total. The number of aromatic nitrogens is 3. The van der Waals surface area contributed by atoms with Gasteiger partial charge in [-0.1, -0.05) is 0 Å². The Balaban J connectivity index is 1.88. The third-order valence-electron chi connectivity index (χ3n) is 3.93. The molecule has 2 N–H and O–H groups in total. The predicted octanol–water partition coefficient (Wildman–Crippen LogP) is 3.15. The van der Waals surface area contributed by atoms with Gasteiger partial charge in [-0.25, -0.2) is 0 Å². The predicted molar refractivity (Wildman–Crippen MR) is 100 cm³/mol. The molecule has 0 unspecified atom stereocenters. The van der Waals surface area contributed by atoms with Gasteiger partial charge >= 0.3 is 153 Å². The summed E-state index contributed by atoms with van der Waals surface area (Å²) in [5.74, 6) is 0.667. The maximum atomic E-state index is 6.43. The van der Waals surface area contributed by atoms with Gasteiger partial charge in [0.15, 0.2) is 0 Å². The Hall–Kier alpha value is -1.21. The Bertz CT molecular complexity index is 927. The summed E-state index contributed by atoms with van der Waals surface area (Å²) in [6.07, 6.45) is 2.47. The summed E-state index contributed by atoms with van der Waals surface area (Å²) >= 11 is 8.99. The summed E-state index contributed by atoms with van der Waals surface area (Å²) in [5, 5.41) is 0. The van der Waals surface area contributed by atoms with Crippen LogP contribution in [0.3, 0.4) is 0 Å². The van der Waals surface area contributed by atoms with Crippen LogP contribution in [0, 0.1) is 4.77 Å². The van der Waals surface area contributed by atoms with E-state index in [4.69, 9.17) is 22.9 Å². The van der Waals surface area contributed by atoms with Gasteiger partial charge in [0.2, 0.25) is 0 Å². The number of nitrogens with two attached hydrogens (primary N) is 1. The van der Waals surface area contributed by atoms with Crippen molar-refractivity contribution < 1.29 is 0 Å². The molecular weight excluding hydrogens is 441 g/mol. The molecule has 0 amide bonds. The van der Waals surface area contributed by atoms with E-state index in [0.717, 1.165) is 32.2 Å². The third-order valence-corrected chi connectivity index (χ3v) is 7.09. The Morgan fingerprint density at radius 1 is 1.13 bits per heavy atom. The van der Waals surface area contributed by atoms with Crippen LogP contribution >= 0.6 is 28.1 Å². The van der Waals surface area contributed by atoms with Crippen molar-refractivity contribution in [2.75, 3.05) is 23.7 Å². The van der Waals surface area contributed by atoms with E-state index < -0.39 is 0 Å². The first-order valence-electron chi connectivity index (χ1n) is 7.33. The van der Waals surface area contributed by atoms with Crippen molar-refractivity contribution in [1.82, 2.24) is 14.5 Å². The summed E-state index contributed by atoms with van der Waals surface area (Å²) < 4.78 is 5.48. The van der Waals surface area contributed by atoms with Crippen LogP contribution in [-0.2, 0) is 0 Å². The van der Waals surface area contributed by atoms with Crippen LogP contribution in [0.15, 0.2) is 28.7 Å². The van der Waals surface area contributed by atoms with Crippen LogP contribution in [-0.4, -0.2) is 42.1 Å². The standard InChI is InChI=1S/C15H14BrN5SSe/c16-9-3-5-10(6-4-9)21-12(17)11-13(18-14(21)22)19-15(23-11)20-7-1-2-8-20/h3-6H,1-2,7-8,17H2. The van der Waals surface area contributed by atoms with Crippen LogP contribution in [0.4, 0.5) is 10.5 Å². The second-order valence-corrected chi connectivity index (χ2v) is 8.77. The molecule has 1 aliphatic heterocycles. The van der Waals surface area contributed by atoms with Gasteiger partial charge in [0.05, 0.1) is 0 Å². The minimum atomic E-state index is 0.0942. The molecule has 1 saturated heterocycles. The summed E-state index contributed by atoms with van der Waals surface area (Å²) in [5.41, 5.74) is 8.07. The molecule has 0 radical (unpaired) electrons. The van der Waals surface area contributed by atoms with Gasteiger partial charge in [-0.3, -0.25) is 0 Å². The van der Waals surface area contributed by atoms with E-state index in [9.17, 15) is 0 Å². The van der Waals surface area contributed by atoms with E-state index in [1.54, 1.807) is 0 Å². The molecule has 3 heterocycles. The molecule has 2 aromatic heterocycles. The zero-order chi connectivity index (χ0) is 16.0.